The van der Waals surface area contributed by atoms with Gasteiger partial charge in [0, 0.05) is 23.6 Å². The Morgan fingerprint density at radius 2 is 1.94 bits per heavy atom. The molecular weight excluding hydrogens is 464 g/mol. The molecule has 0 aliphatic carbocycles. The lowest BCUT2D eigenvalue weighted by molar-refractivity contribution is -0.140. The van der Waals surface area contributed by atoms with E-state index < -0.39 is 11.9 Å². The highest BCUT2D eigenvalue weighted by atomic mass is 16.7. The molecule has 2 N–H and O–H groups in total. The zero-order valence-electron chi connectivity index (χ0n) is 20.9. The molecule has 3 aromatic rings. The van der Waals surface area contributed by atoms with E-state index in [0.29, 0.717) is 40.5 Å². The first-order chi connectivity index (χ1) is 17.3. The highest BCUT2D eigenvalue weighted by molar-refractivity contribution is 5.72. The average Bonchev–Trinajstić information content (AvgIpc) is 3.48. The Balaban J connectivity index is 1.53. The topological polar surface area (TPSA) is 112 Å². The molecule has 36 heavy (non-hydrogen) atoms. The predicted molar refractivity (Wildman–Crippen MR) is 131 cm³/mol. The minimum absolute atomic E-state index is 0.0274. The summed E-state index contributed by atoms with van der Waals surface area (Å²) in [6.45, 7) is 4.26. The summed E-state index contributed by atoms with van der Waals surface area (Å²) in [4.78, 5) is 25.5. The molecule has 0 saturated carbocycles. The van der Waals surface area contributed by atoms with Crippen molar-refractivity contribution in [3.63, 3.8) is 0 Å². The van der Waals surface area contributed by atoms with Crippen molar-refractivity contribution in [2.24, 2.45) is 0 Å². The third-order valence-corrected chi connectivity index (χ3v) is 6.82. The van der Waals surface area contributed by atoms with Crippen LogP contribution >= 0.6 is 0 Å². The van der Waals surface area contributed by atoms with Gasteiger partial charge in [-0.1, -0.05) is 12.1 Å². The van der Waals surface area contributed by atoms with Crippen LogP contribution in [-0.4, -0.2) is 42.8 Å². The SMILES string of the molecule is COC(=O)C[C@@H](c1cc(OC)c2c(c1)OCO2)c1c(Cc2ccc3c(c2)CCC(C)(C)O3)[nH][nH]c1=O. The van der Waals surface area contributed by atoms with Crippen molar-refractivity contribution in [3.8, 4) is 23.0 Å². The van der Waals surface area contributed by atoms with Crippen LogP contribution in [0.25, 0.3) is 0 Å². The first kappa shape index (κ1) is 23.8. The Kier molecular flexibility index (Phi) is 6.15. The van der Waals surface area contributed by atoms with Crippen molar-refractivity contribution < 1.29 is 28.5 Å². The predicted octanol–water partition coefficient (Wildman–Crippen LogP) is 3.83. The third kappa shape index (κ3) is 4.53. The average molecular weight is 495 g/mol. The molecule has 0 spiro atoms. The zero-order chi connectivity index (χ0) is 25.4. The maximum absolute atomic E-state index is 13.1. The van der Waals surface area contributed by atoms with Crippen LogP contribution in [0.4, 0.5) is 0 Å². The molecule has 9 heteroatoms. The van der Waals surface area contributed by atoms with Gasteiger partial charge < -0.3 is 28.8 Å². The van der Waals surface area contributed by atoms with Crippen LogP contribution in [0, 0.1) is 0 Å². The molecule has 3 heterocycles. The van der Waals surface area contributed by atoms with Gasteiger partial charge in [0.2, 0.25) is 12.5 Å². The Morgan fingerprint density at radius 1 is 1.11 bits per heavy atom. The fourth-order valence-electron chi connectivity index (χ4n) is 4.93. The second-order valence-corrected chi connectivity index (χ2v) is 9.74. The molecule has 0 saturated heterocycles. The van der Waals surface area contributed by atoms with Gasteiger partial charge in [0.1, 0.15) is 11.4 Å². The molecule has 190 valence electrons. The van der Waals surface area contributed by atoms with E-state index in [1.165, 1.54) is 14.2 Å². The lowest BCUT2D eigenvalue weighted by Gasteiger charge is -2.32. The summed E-state index contributed by atoms with van der Waals surface area (Å²) in [6.07, 6.45) is 2.31. The van der Waals surface area contributed by atoms with Crippen LogP contribution in [0.1, 0.15) is 60.6 Å². The standard InChI is InChI=1S/C27H30N2O7/c1-27(2)8-7-16-9-15(5-6-20(16)36-27)10-19-24(26(31)29-28-19)18(13-23(30)33-4)17-11-21(32-3)25-22(12-17)34-14-35-25/h5-6,9,11-12,18H,7-8,10,13-14H2,1-4H3,(H2,28,29,31)/t18-/m0/s1. The molecule has 0 fully saturated rings. The molecule has 1 aromatic heterocycles. The highest BCUT2D eigenvalue weighted by Gasteiger charge is 2.30. The smallest absolute Gasteiger partial charge is 0.306 e. The van der Waals surface area contributed by atoms with Gasteiger partial charge in [0.15, 0.2) is 11.5 Å². The number of nitrogens with one attached hydrogen (secondary N) is 2. The van der Waals surface area contributed by atoms with E-state index in [1.807, 2.05) is 12.1 Å². The van der Waals surface area contributed by atoms with Crippen LogP contribution in [0.3, 0.4) is 0 Å². The molecule has 0 unspecified atom stereocenters. The normalized spacial score (nSPS) is 16.1. The van der Waals surface area contributed by atoms with E-state index in [2.05, 4.69) is 30.1 Å². The largest absolute Gasteiger partial charge is 0.493 e. The summed E-state index contributed by atoms with van der Waals surface area (Å²) in [5, 5.41) is 5.74. The Hall–Kier alpha value is -3.88. The maximum atomic E-state index is 13.1. The van der Waals surface area contributed by atoms with Gasteiger partial charge in [-0.2, -0.15) is 0 Å². The van der Waals surface area contributed by atoms with E-state index in [4.69, 9.17) is 23.7 Å². The minimum atomic E-state index is -0.590. The van der Waals surface area contributed by atoms with Gasteiger partial charge in [-0.15, -0.1) is 0 Å². The fraction of sp³-hybridized carbons (Fsp3) is 0.407. The number of fused-ring (bicyclic) bond motifs is 2. The van der Waals surface area contributed by atoms with E-state index in [9.17, 15) is 9.59 Å². The monoisotopic (exact) mass is 494 g/mol. The van der Waals surface area contributed by atoms with Crippen LogP contribution in [0.15, 0.2) is 35.1 Å². The maximum Gasteiger partial charge on any atom is 0.306 e. The summed E-state index contributed by atoms with van der Waals surface area (Å²) in [5.74, 6) is 1.35. The van der Waals surface area contributed by atoms with Gasteiger partial charge >= 0.3 is 5.97 Å². The Bertz CT molecular complexity index is 1350. The molecule has 5 rings (SSSR count). The quantitative estimate of drug-likeness (QED) is 0.480. The molecular formula is C27H30N2O7. The molecule has 2 aliphatic rings. The second-order valence-electron chi connectivity index (χ2n) is 9.74. The van der Waals surface area contributed by atoms with E-state index in [0.717, 1.165) is 29.7 Å². The number of aromatic amines is 2. The van der Waals surface area contributed by atoms with Crippen LogP contribution in [0.2, 0.25) is 0 Å². The lowest BCUT2D eigenvalue weighted by Crippen LogP contribution is -2.32. The number of carbonyl (C=O) groups excluding carboxylic acids is 1. The van der Waals surface area contributed by atoms with Crippen molar-refractivity contribution in [2.75, 3.05) is 21.0 Å². The summed E-state index contributed by atoms with van der Waals surface area (Å²) in [6, 6.07) is 9.68. The van der Waals surface area contributed by atoms with Gasteiger partial charge in [-0.05, 0) is 61.6 Å². The molecule has 2 aliphatic heterocycles. The van der Waals surface area contributed by atoms with Crippen molar-refractivity contribution >= 4 is 5.97 Å². The van der Waals surface area contributed by atoms with Crippen molar-refractivity contribution in [3.05, 3.63) is 68.6 Å². The lowest BCUT2D eigenvalue weighted by atomic mass is 9.86. The fourth-order valence-corrected chi connectivity index (χ4v) is 4.93. The summed E-state index contributed by atoms with van der Waals surface area (Å²) in [7, 11) is 2.87. The number of aromatic nitrogens is 2. The molecule has 2 aromatic carbocycles. The number of H-pyrrole nitrogens is 2. The first-order valence-corrected chi connectivity index (χ1v) is 11.9. The number of hydrogen-bond acceptors (Lipinski definition) is 7. The molecule has 9 nitrogen and oxygen atoms in total. The van der Waals surface area contributed by atoms with Crippen molar-refractivity contribution in [1.29, 1.82) is 0 Å². The van der Waals surface area contributed by atoms with E-state index >= 15 is 0 Å². The van der Waals surface area contributed by atoms with Gasteiger partial charge in [0.05, 0.1) is 20.6 Å². The molecule has 0 amide bonds. The number of hydrogen-bond donors (Lipinski definition) is 2. The third-order valence-electron chi connectivity index (χ3n) is 6.82. The number of carbonyl (C=O) groups is 1. The minimum Gasteiger partial charge on any atom is -0.493 e. The zero-order valence-corrected chi connectivity index (χ0v) is 20.9. The number of aryl methyl sites for hydroxylation is 1. The van der Waals surface area contributed by atoms with Gasteiger partial charge in [-0.3, -0.25) is 14.7 Å². The summed E-state index contributed by atoms with van der Waals surface area (Å²) in [5.41, 5.74) is 3.57. The number of esters is 1. The Morgan fingerprint density at radius 3 is 2.72 bits per heavy atom. The number of methoxy groups -OCH3 is 2. The van der Waals surface area contributed by atoms with Crippen molar-refractivity contribution in [1.82, 2.24) is 10.2 Å². The molecule has 0 bridgehead atoms. The van der Waals surface area contributed by atoms with E-state index in [-0.39, 0.29) is 24.4 Å². The van der Waals surface area contributed by atoms with Crippen LogP contribution in [-0.2, 0) is 22.4 Å². The highest BCUT2D eigenvalue weighted by Crippen LogP contribution is 2.45. The molecule has 1 atom stereocenters. The number of benzene rings is 2. The number of ether oxygens (including phenoxy) is 5. The second kappa shape index (κ2) is 9.29. The Labute approximate surface area is 208 Å². The number of rotatable bonds is 7. The van der Waals surface area contributed by atoms with Crippen molar-refractivity contribution in [2.45, 2.75) is 51.0 Å². The molecule has 0 radical (unpaired) electrons. The van der Waals surface area contributed by atoms with E-state index in [1.54, 1.807) is 12.1 Å². The summed E-state index contributed by atoms with van der Waals surface area (Å²) < 4.78 is 27.7. The van der Waals surface area contributed by atoms with Gasteiger partial charge in [-0.25, -0.2) is 0 Å². The van der Waals surface area contributed by atoms with Gasteiger partial charge in [0.25, 0.3) is 5.56 Å². The van der Waals surface area contributed by atoms with Crippen LogP contribution < -0.4 is 24.5 Å². The summed E-state index contributed by atoms with van der Waals surface area (Å²) >= 11 is 0. The first-order valence-electron chi connectivity index (χ1n) is 11.9. The van der Waals surface area contributed by atoms with Crippen LogP contribution in [0.5, 0.6) is 23.0 Å².